The molecule has 22 heavy (non-hydrogen) atoms. The second-order valence-corrected chi connectivity index (χ2v) is 4.19. The normalized spacial score (nSPS) is 11.3. The zero-order valence-corrected chi connectivity index (χ0v) is 11.7. The number of nitrogens with zero attached hydrogens (tertiary/aromatic N) is 2. The molecular formula is C13H12F3N3O3. The maximum Gasteiger partial charge on any atom is 0.416 e. The number of esters is 1. The van der Waals surface area contributed by atoms with Gasteiger partial charge >= 0.3 is 12.1 Å². The number of rotatable bonds is 4. The molecule has 1 aromatic heterocycles. The Morgan fingerprint density at radius 2 is 2.00 bits per heavy atom. The van der Waals surface area contributed by atoms with Gasteiger partial charge in [-0.05, 0) is 25.1 Å². The van der Waals surface area contributed by atoms with Gasteiger partial charge in [-0.25, -0.2) is 4.79 Å². The molecule has 0 saturated carbocycles. The largest absolute Gasteiger partial charge is 0.497 e. The van der Waals surface area contributed by atoms with Gasteiger partial charge < -0.3 is 9.47 Å². The molecule has 0 fully saturated rings. The van der Waals surface area contributed by atoms with E-state index >= 15 is 0 Å². The van der Waals surface area contributed by atoms with Crippen molar-refractivity contribution in [1.82, 2.24) is 15.4 Å². The van der Waals surface area contributed by atoms with E-state index in [1.165, 1.54) is 13.2 Å². The van der Waals surface area contributed by atoms with Gasteiger partial charge in [-0.2, -0.15) is 23.5 Å². The Labute approximate surface area is 123 Å². The number of hydrogen-bond acceptors (Lipinski definition) is 5. The third kappa shape index (κ3) is 3.18. The van der Waals surface area contributed by atoms with E-state index in [1.54, 1.807) is 6.92 Å². The highest BCUT2D eigenvalue weighted by atomic mass is 19.4. The Kier molecular flexibility index (Phi) is 4.34. The third-order valence-corrected chi connectivity index (χ3v) is 2.76. The minimum Gasteiger partial charge on any atom is -0.497 e. The maximum atomic E-state index is 12.9. The van der Waals surface area contributed by atoms with Gasteiger partial charge in [0.25, 0.3) is 0 Å². The lowest BCUT2D eigenvalue weighted by Gasteiger charge is -2.11. The SMILES string of the molecule is CCOC(=O)c1n[nH]nc1-c1cc(OC)cc(C(F)(F)F)c1. The Morgan fingerprint density at radius 3 is 2.59 bits per heavy atom. The number of ether oxygens (including phenoxy) is 2. The summed E-state index contributed by atoms with van der Waals surface area (Å²) in [5.74, 6) is -0.787. The number of carbonyl (C=O) groups is 1. The van der Waals surface area contributed by atoms with Crippen molar-refractivity contribution < 1.29 is 27.4 Å². The van der Waals surface area contributed by atoms with E-state index in [0.29, 0.717) is 0 Å². The fourth-order valence-corrected chi connectivity index (χ4v) is 1.79. The monoisotopic (exact) mass is 315 g/mol. The first-order valence-corrected chi connectivity index (χ1v) is 6.21. The first-order valence-electron chi connectivity index (χ1n) is 6.21. The van der Waals surface area contributed by atoms with Crippen LogP contribution >= 0.6 is 0 Å². The van der Waals surface area contributed by atoms with Crippen molar-refractivity contribution in [1.29, 1.82) is 0 Å². The van der Waals surface area contributed by atoms with Crippen LogP contribution in [-0.2, 0) is 10.9 Å². The minimum atomic E-state index is -4.56. The predicted molar refractivity (Wildman–Crippen MR) is 69.3 cm³/mol. The van der Waals surface area contributed by atoms with Crippen LogP contribution in [0.4, 0.5) is 13.2 Å². The maximum absolute atomic E-state index is 12.9. The molecule has 2 rings (SSSR count). The Hall–Kier alpha value is -2.58. The Balaban J connectivity index is 2.54. The summed E-state index contributed by atoms with van der Waals surface area (Å²) < 4.78 is 48.4. The number of hydrogen-bond donors (Lipinski definition) is 1. The van der Waals surface area contributed by atoms with Gasteiger partial charge in [-0.3, -0.25) is 0 Å². The fourth-order valence-electron chi connectivity index (χ4n) is 1.79. The van der Waals surface area contributed by atoms with Crippen LogP contribution in [0.5, 0.6) is 5.75 Å². The molecule has 0 aliphatic carbocycles. The highest BCUT2D eigenvalue weighted by Gasteiger charge is 2.32. The molecule has 0 aliphatic rings. The molecule has 0 spiro atoms. The summed E-state index contributed by atoms with van der Waals surface area (Å²) >= 11 is 0. The average Bonchev–Trinajstić information content (AvgIpc) is 2.95. The van der Waals surface area contributed by atoms with Gasteiger partial charge in [0, 0.05) is 5.56 Å². The Morgan fingerprint density at radius 1 is 1.27 bits per heavy atom. The molecule has 6 nitrogen and oxygen atoms in total. The van der Waals surface area contributed by atoms with Crippen molar-refractivity contribution in [2.24, 2.45) is 0 Å². The molecule has 0 saturated heterocycles. The van der Waals surface area contributed by atoms with Crippen LogP contribution < -0.4 is 4.74 Å². The van der Waals surface area contributed by atoms with E-state index in [2.05, 4.69) is 15.4 Å². The summed E-state index contributed by atoms with van der Waals surface area (Å²) in [6.45, 7) is 1.71. The molecule has 9 heteroatoms. The molecule has 0 bridgehead atoms. The highest BCUT2D eigenvalue weighted by molar-refractivity contribution is 5.94. The van der Waals surface area contributed by atoms with Crippen LogP contribution in [0.25, 0.3) is 11.3 Å². The predicted octanol–water partition coefficient (Wildman–Crippen LogP) is 2.68. The van der Waals surface area contributed by atoms with E-state index in [-0.39, 0.29) is 29.3 Å². The number of alkyl halides is 3. The van der Waals surface area contributed by atoms with Crippen LogP contribution in [0.2, 0.25) is 0 Å². The Bertz CT molecular complexity index is 683. The molecule has 0 unspecified atom stereocenters. The van der Waals surface area contributed by atoms with Crippen LogP contribution in [0.15, 0.2) is 18.2 Å². The first-order chi connectivity index (χ1) is 10.4. The number of H-pyrrole nitrogens is 1. The van der Waals surface area contributed by atoms with E-state index in [0.717, 1.165) is 12.1 Å². The van der Waals surface area contributed by atoms with Crippen molar-refractivity contribution in [3.05, 3.63) is 29.5 Å². The number of methoxy groups -OCH3 is 1. The van der Waals surface area contributed by atoms with E-state index in [4.69, 9.17) is 9.47 Å². The smallest absolute Gasteiger partial charge is 0.416 e. The second kappa shape index (κ2) is 6.04. The summed E-state index contributed by atoms with van der Waals surface area (Å²) in [5.41, 5.74) is -1.10. The van der Waals surface area contributed by atoms with E-state index in [1.807, 2.05) is 0 Å². The summed E-state index contributed by atoms with van der Waals surface area (Å²) in [4.78, 5) is 11.7. The van der Waals surface area contributed by atoms with Crippen molar-refractivity contribution in [2.45, 2.75) is 13.1 Å². The van der Waals surface area contributed by atoms with E-state index in [9.17, 15) is 18.0 Å². The van der Waals surface area contributed by atoms with Crippen LogP contribution in [0.1, 0.15) is 23.0 Å². The second-order valence-electron chi connectivity index (χ2n) is 4.19. The lowest BCUT2D eigenvalue weighted by atomic mass is 10.1. The lowest BCUT2D eigenvalue weighted by molar-refractivity contribution is -0.137. The molecule has 0 aliphatic heterocycles. The summed E-state index contributed by atoms with van der Waals surface area (Å²) in [6, 6.07) is 3.05. The van der Waals surface area contributed by atoms with Gasteiger partial charge in [0.05, 0.1) is 19.3 Å². The fraction of sp³-hybridized carbons (Fsp3) is 0.308. The number of aromatic nitrogens is 3. The molecule has 0 radical (unpaired) electrons. The highest BCUT2D eigenvalue weighted by Crippen LogP contribution is 2.35. The van der Waals surface area contributed by atoms with Crippen LogP contribution in [-0.4, -0.2) is 35.1 Å². The standard InChI is InChI=1S/C13H12F3N3O3/c1-3-22-12(20)11-10(17-19-18-11)7-4-8(13(14,15)16)6-9(5-7)21-2/h4-6H,3H2,1-2H3,(H,17,18,19). The zero-order chi connectivity index (χ0) is 16.3. The van der Waals surface area contributed by atoms with Gasteiger partial charge in [-0.15, -0.1) is 5.10 Å². The van der Waals surface area contributed by atoms with E-state index < -0.39 is 17.7 Å². The molecule has 118 valence electrons. The first kappa shape index (κ1) is 15.8. The van der Waals surface area contributed by atoms with Gasteiger partial charge in [-0.1, -0.05) is 0 Å². The van der Waals surface area contributed by atoms with Crippen molar-refractivity contribution in [3.8, 4) is 17.0 Å². The lowest BCUT2D eigenvalue weighted by Crippen LogP contribution is -2.08. The molecule has 1 aromatic carbocycles. The molecule has 0 amide bonds. The van der Waals surface area contributed by atoms with Crippen LogP contribution in [0, 0.1) is 0 Å². The molecule has 1 N–H and O–H groups in total. The summed E-state index contributed by atoms with van der Waals surface area (Å²) in [5, 5.41) is 9.56. The minimum absolute atomic E-state index is 0.0115. The van der Waals surface area contributed by atoms with Crippen molar-refractivity contribution in [3.63, 3.8) is 0 Å². The molecule has 2 aromatic rings. The number of halogens is 3. The van der Waals surface area contributed by atoms with Gasteiger partial charge in [0.2, 0.25) is 0 Å². The van der Waals surface area contributed by atoms with Crippen molar-refractivity contribution in [2.75, 3.05) is 13.7 Å². The zero-order valence-electron chi connectivity index (χ0n) is 11.7. The number of nitrogens with one attached hydrogen (secondary N) is 1. The van der Waals surface area contributed by atoms with Crippen molar-refractivity contribution >= 4 is 5.97 Å². The number of benzene rings is 1. The number of aromatic amines is 1. The number of carbonyl (C=O) groups excluding carboxylic acids is 1. The quantitative estimate of drug-likeness (QED) is 0.878. The summed E-state index contributed by atoms with van der Waals surface area (Å²) in [7, 11) is 1.24. The average molecular weight is 315 g/mol. The third-order valence-electron chi connectivity index (χ3n) is 2.76. The van der Waals surface area contributed by atoms with Gasteiger partial charge in [0.1, 0.15) is 11.4 Å². The molecular weight excluding hydrogens is 303 g/mol. The van der Waals surface area contributed by atoms with Crippen LogP contribution in [0.3, 0.4) is 0 Å². The molecule has 1 heterocycles. The van der Waals surface area contributed by atoms with Gasteiger partial charge in [0.15, 0.2) is 5.69 Å². The summed E-state index contributed by atoms with van der Waals surface area (Å²) in [6.07, 6.45) is -4.56. The topological polar surface area (TPSA) is 77.1 Å². The molecule has 0 atom stereocenters.